The number of carbonyl (C=O) groups is 1. The van der Waals surface area contributed by atoms with Crippen LogP contribution in [0.3, 0.4) is 0 Å². The summed E-state index contributed by atoms with van der Waals surface area (Å²) >= 11 is 1.43. The number of aromatic nitrogens is 1. The summed E-state index contributed by atoms with van der Waals surface area (Å²) in [7, 11) is 0. The van der Waals surface area contributed by atoms with E-state index in [1.165, 1.54) is 23.5 Å². The van der Waals surface area contributed by atoms with Gasteiger partial charge in [0.2, 0.25) is 5.91 Å². The first-order valence-corrected chi connectivity index (χ1v) is 8.57. The number of rotatable bonds is 3. The molecule has 2 atom stereocenters. The summed E-state index contributed by atoms with van der Waals surface area (Å²) < 4.78 is 13.0. The molecule has 1 aromatic carbocycles. The number of piperidine rings is 1. The second kappa shape index (κ2) is 6.76. The van der Waals surface area contributed by atoms with Gasteiger partial charge in [0.15, 0.2) is 0 Å². The van der Waals surface area contributed by atoms with Crippen LogP contribution in [0.1, 0.15) is 18.4 Å². The number of nitrogens with zero attached hydrogens (tertiary/aromatic N) is 2. The van der Waals surface area contributed by atoms with Crippen LogP contribution in [0.2, 0.25) is 0 Å². The molecule has 1 amide bonds. The van der Waals surface area contributed by atoms with Gasteiger partial charge in [-0.2, -0.15) is 0 Å². The molecule has 23 heavy (non-hydrogen) atoms. The second-order valence-corrected chi connectivity index (χ2v) is 6.93. The molecule has 1 aromatic heterocycles. The highest BCUT2D eigenvalue weighted by atomic mass is 32.1. The summed E-state index contributed by atoms with van der Waals surface area (Å²) in [4.78, 5) is 18.5. The Morgan fingerprint density at radius 2 is 2.17 bits per heavy atom. The molecular weight excluding hydrogens is 315 g/mol. The third-order valence-electron chi connectivity index (χ3n) is 4.27. The predicted molar refractivity (Wildman–Crippen MR) is 87.6 cm³/mol. The van der Waals surface area contributed by atoms with Gasteiger partial charge in [0.25, 0.3) is 0 Å². The average Bonchev–Trinajstić information content (AvgIpc) is 2.99. The van der Waals surface area contributed by atoms with Crippen LogP contribution >= 0.6 is 11.3 Å². The zero-order valence-corrected chi connectivity index (χ0v) is 13.7. The SMILES string of the molecule is C[C@H]1CCN(C(=O)Cc2nc(-c3ccc(F)cc3)cs2)C[C@@H]1O. The van der Waals surface area contributed by atoms with Crippen molar-refractivity contribution in [3.8, 4) is 11.3 Å². The molecule has 1 saturated heterocycles. The molecule has 1 aliphatic rings. The highest BCUT2D eigenvalue weighted by Crippen LogP contribution is 2.23. The molecule has 1 aliphatic heterocycles. The van der Waals surface area contributed by atoms with E-state index in [1.54, 1.807) is 17.0 Å². The summed E-state index contributed by atoms with van der Waals surface area (Å²) in [6, 6.07) is 6.16. The molecule has 1 fully saturated rings. The lowest BCUT2D eigenvalue weighted by atomic mass is 9.96. The van der Waals surface area contributed by atoms with E-state index >= 15 is 0 Å². The largest absolute Gasteiger partial charge is 0.391 e. The van der Waals surface area contributed by atoms with E-state index in [0.29, 0.717) is 13.1 Å². The Bertz CT molecular complexity index is 686. The van der Waals surface area contributed by atoms with Crippen molar-refractivity contribution in [2.45, 2.75) is 25.9 Å². The fourth-order valence-corrected chi connectivity index (χ4v) is 3.46. The lowest BCUT2D eigenvalue weighted by Crippen LogP contribution is -2.46. The first-order chi connectivity index (χ1) is 11.0. The Kier molecular flexibility index (Phi) is 4.73. The van der Waals surface area contributed by atoms with Crippen LogP contribution in [0, 0.1) is 11.7 Å². The zero-order chi connectivity index (χ0) is 16.4. The number of hydrogen-bond acceptors (Lipinski definition) is 4. The van der Waals surface area contributed by atoms with Gasteiger partial charge in [-0.05, 0) is 36.6 Å². The summed E-state index contributed by atoms with van der Waals surface area (Å²) in [6.45, 7) is 3.09. The van der Waals surface area contributed by atoms with Crippen LogP contribution in [0.4, 0.5) is 4.39 Å². The predicted octanol–water partition coefficient (Wildman–Crippen LogP) is 2.72. The highest BCUT2D eigenvalue weighted by Gasteiger charge is 2.27. The Morgan fingerprint density at radius 3 is 2.87 bits per heavy atom. The number of hydrogen-bond donors (Lipinski definition) is 1. The van der Waals surface area contributed by atoms with Crippen LogP contribution in [0.15, 0.2) is 29.6 Å². The first-order valence-electron chi connectivity index (χ1n) is 7.69. The van der Waals surface area contributed by atoms with Gasteiger partial charge < -0.3 is 10.0 Å². The molecule has 0 saturated carbocycles. The molecule has 6 heteroatoms. The maximum Gasteiger partial charge on any atom is 0.229 e. The van der Waals surface area contributed by atoms with Crippen molar-refractivity contribution in [1.29, 1.82) is 0 Å². The third kappa shape index (κ3) is 3.76. The minimum Gasteiger partial charge on any atom is -0.391 e. The molecule has 0 spiro atoms. The van der Waals surface area contributed by atoms with Gasteiger partial charge in [-0.1, -0.05) is 6.92 Å². The quantitative estimate of drug-likeness (QED) is 0.939. The number of likely N-dealkylation sites (tertiary alicyclic amines) is 1. The summed E-state index contributed by atoms with van der Waals surface area (Å²) in [5.41, 5.74) is 1.59. The number of amides is 1. The highest BCUT2D eigenvalue weighted by molar-refractivity contribution is 7.10. The lowest BCUT2D eigenvalue weighted by Gasteiger charge is -2.34. The second-order valence-electron chi connectivity index (χ2n) is 5.98. The third-order valence-corrected chi connectivity index (χ3v) is 5.11. The van der Waals surface area contributed by atoms with Gasteiger partial charge in [0, 0.05) is 24.0 Å². The maximum absolute atomic E-state index is 13.0. The van der Waals surface area contributed by atoms with Gasteiger partial charge in [-0.15, -0.1) is 11.3 Å². The normalized spacial score (nSPS) is 21.4. The number of aliphatic hydroxyl groups excluding tert-OH is 1. The summed E-state index contributed by atoms with van der Waals surface area (Å²) in [5, 5.41) is 12.5. The van der Waals surface area contributed by atoms with Crippen molar-refractivity contribution in [1.82, 2.24) is 9.88 Å². The number of benzene rings is 1. The van der Waals surface area contributed by atoms with Crippen molar-refractivity contribution in [2.75, 3.05) is 13.1 Å². The fourth-order valence-electron chi connectivity index (χ4n) is 2.66. The van der Waals surface area contributed by atoms with Crippen molar-refractivity contribution in [3.63, 3.8) is 0 Å². The van der Waals surface area contributed by atoms with Crippen LogP contribution in [0.25, 0.3) is 11.3 Å². The smallest absolute Gasteiger partial charge is 0.229 e. The van der Waals surface area contributed by atoms with Crippen LogP contribution in [0.5, 0.6) is 0 Å². The molecule has 3 rings (SSSR count). The molecule has 2 heterocycles. The Morgan fingerprint density at radius 1 is 1.43 bits per heavy atom. The molecule has 0 unspecified atom stereocenters. The first kappa shape index (κ1) is 16.1. The van der Waals surface area contributed by atoms with E-state index in [2.05, 4.69) is 4.98 Å². The number of halogens is 1. The van der Waals surface area contributed by atoms with E-state index < -0.39 is 6.10 Å². The Hall–Kier alpha value is -1.79. The van der Waals surface area contributed by atoms with Gasteiger partial charge in [-0.25, -0.2) is 9.37 Å². The lowest BCUT2D eigenvalue weighted by molar-refractivity contribution is -0.134. The van der Waals surface area contributed by atoms with E-state index in [4.69, 9.17) is 0 Å². The van der Waals surface area contributed by atoms with Crippen LogP contribution < -0.4 is 0 Å². The van der Waals surface area contributed by atoms with Gasteiger partial charge >= 0.3 is 0 Å². The number of thiazole rings is 1. The van der Waals surface area contributed by atoms with E-state index in [-0.39, 0.29) is 24.1 Å². The number of carbonyl (C=O) groups excluding carboxylic acids is 1. The number of β-amino-alcohol motifs (C(OH)–C–C–N with tert-alkyl or cyclic N) is 1. The van der Waals surface area contributed by atoms with Gasteiger partial charge in [0.1, 0.15) is 10.8 Å². The molecule has 1 N–H and O–H groups in total. The average molecular weight is 334 g/mol. The molecule has 0 aliphatic carbocycles. The van der Waals surface area contributed by atoms with Crippen molar-refractivity contribution in [2.24, 2.45) is 5.92 Å². The van der Waals surface area contributed by atoms with Gasteiger partial charge in [-0.3, -0.25) is 4.79 Å². The topological polar surface area (TPSA) is 53.4 Å². The molecule has 122 valence electrons. The summed E-state index contributed by atoms with van der Waals surface area (Å²) in [5.74, 6) is -0.0442. The Balaban J connectivity index is 1.65. The van der Waals surface area contributed by atoms with Crippen molar-refractivity contribution < 1.29 is 14.3 Å². The minimum atomic E-state index is -0.446. The van der Waals surface area contributed by atoms with Crippen LogP contribution in [-0.4, -0.2) is 40.1 Å². The standard InChI is InChI=1S/C17H19FN2O2S/c1-11-6-7-20(9-15(11)21)17(22)8-16-19-14(10-23-16)12-2-4-13(18)5-3-12/h2-5,10-11,15,21H,6-9H2,1H3/t11-,15-/m0/s1. The van der Waals surface area contributed by atoms with Gasteiger partial charge in [0.05, 0.1) is 18.2 Å². The van der Waals surface area contributed by atoms with E-state index in [1.807, 2.05) is 12.3 Å². The molecule has 2 aromatic rings. The maximum atomic E-state index is 13.0. The summed E-state index contributed by atoms with van der Waals surface area (Å²) in [6.07, 6.45) is 0.622. The van der Waals surface area contributed by atoms with Crippen molar-refractivity contribution in [3.05, 3.63) is 40.5 Å². The Labute approximate surface area is 138 Å². The molecule has 0 radical (unpaired) electrons. The molecular formula is C17H19FN2O2S. The fraction of sp³-hybridized carbons (Fsp3) is 0.412. The molecule has 4 nitrogen and oxygen atoms in total. The van der Waals surface area contributed by atoms with E-state index in [0.717, 1.165) is 22.7 Å². The monoisotopic (exact) mass is 334 g/mol. The zero-order valence-electron chi connectivity index (χ0n) is 12.9. The van der Waals surface area contributed by atoms with Crippen molar-refractivity contribution >= 4 is 17.2 Å². The minimum absolute atomic E-state index is 0.00374. The van der Waals surface area contributed by atoms with Crippen LogP contribution in [-0.2, 0) is 11.2 Å². The number of aliphatic hydroxyl groups is 1. The van der Waals surface area contributed by atoms with E-state index in [9.17, 15) is 14.3 Å². The molecule has 0 bridgehead atoms.